The SMILES string of the molecule is C[C@H]1c2c(cc(=O)n(Cc3ccccc3)c2O)C(=O)N1C. The van der Waals surface area contributed by atoms with Crippen LogP contribution < -0.4 is 5.56 Å². The second kappa shape index (κ2) is 4.77. The summed E-state index contributed by atoms with van der Waals surface area (Å²) < 4.78 is 1.30. The minimum absolute atomic E-state index is 0.119. The molecule has 3 rings (SSSR count). The van der Waals surface area contributed by atoms with Crippen LogP contribution in [0.4, 0.5) is 0 Å². The molecule has 0 aliphatic carbocycles. The monoisotopic (exact) mass is 284 g/mol. The molecule has 1 aliphatic rings. The number of nitrogens with zero attached hydrogens (tertiary/aromatic N) is 2. The van der Waals surface area contributed by atoms with Crippen LogP contribution in [0.5, 0.6) is 5.88 Å². The average molecular weight is 284 g/mol. The predicted molar refractivity (Wildman–Crippen MR) is 78.4 cm³/mol. The van der Waals surface area contributed by atoms with Crippen molar-refractivity contribution in [2.24, 2.45) is 0 Å². The van der Waals surface area contributed by atoms with E-state index in [1.54, 1.807) is 7.05 Å². The van der Waals surface area contributed by atoms with Crippen LogP contribution in [-0.4, -0.2) is 27.5 Å². The maximum absolute atomic E-state index is 12.2. The summed E-state index contributed by atoms with van der Waals surface area (Å²) in [7, 11) is 1.67. The second-order valence-corrected chi connectivity index (χ2v) is 5.30. The number of pyridine rings is 1. The average Bonchev–Trinajstić information content (AvgIpc) is 2.69. The smallest absolute Gasteiger partial charge is 0.254 e. The Bertz CT molecular complexity index is 765. The number of hydrogen-bond donors (Lipinski definition) is 1. The highest BCUT2D eigenvalue weighted by Gasteiger charge is 2.35. The van der Waals surface area contributed by atoms with Gasteiger partial charge in [0.1, 0.15) is 0 Å². The minimum atomic E-state index is -0.369. The van der Waals surface area contributed by atoms with Gasteiger partial charge in [-0.15, -0.1) is 0 Å². The summed E-state index contributed by atoms with van der Waals surface area (Å²) in [6.45, 7) is 2.12. The van der Waals surface area contributed by atoms with Crippen LogP contribution in [0.1, 0.15) is 34.5 Å². The molecule has 0 unspecified atom stereocenters. The van der Waals surface area contributed by atoms with E-state index in [4.69, 9.17) is 0 Å². The first-order chi connectivity index (χ1) is 10.0. The molecule has 5 nitrogen and oxygen atoms in total. The molecule has 1 aromatic carbocycles. The number of carbonyl (C=O) groups is 1. The molecule has 1 aliphatic heterocycles. The quantitative estimate of drug-likeness (QED) is 0.914. The number of benzene rings is 1. The van der Waals surface area contributed by atoms with Gasteiger partial charge in [0.2, 0.25) is 0 Å². The minimum Gasteiger partial charge on any atom is -0.494 e. The van der Waals surface area contributed by atoms with Crippen LogP contribution >= 0.6 is 0 Å². The summed E-state index contributed by atoms with van der Waals surface area (Å²) in [5, 5.41) is 10.4. The zero-order valence-corrected chi connectivity index (χ0v) is 11.9. The molecule has 0 saturated carbocycles. The molecule has 108 valence electrons. The van der Waals surface area contributed by atoms with E-state index in [0.717, 1.165) is 5.56 Å². The summed E-state index contributed by atoms with van der Waals surface area (Å²) in [6, 6.07) is 10.5. The Balaban J connectivity index is 2.13. The first-order valence-electron chi connectivity index (χ1n) is 6.78. The van der Waals surface area contributed by atoms with E-state index >= 15 is 0 Å². The molecule has 1 aromatic heterocycles. The van der Waals surface area contributed by atoms with Crippen molar-refractivity contribution in [2.45, 2.75) is 19.5 Å². The Kier molecular flexibility index (Phi) is 3.05. The van der Waals surface area contributed by atoms with E-state index < -0.39 is 0 Å². The maximum Gasteiger partial charge on any atom is 0.254 e. The van der Waals surface area contributed by atoms with Gasteiger partial charge in [-0.3, -0.25) is 14.2 Å². The fourth-order valence-corrected chi connectivity index (χ4v) is 2.72. The van der Waals surface area contributed by atoms with Gasteiger partial charge in [-0.1, -0.05) is 30.3 Å². The highest BCUT2D eigenvalue weighted by atomic mass is 16.3. The van der Waals surface area contributed by atoms with E-state index in [2.05, 4.69) is 0 Å². The van der Waals surface area contributed by atoms with Crippen molar-refractivity contribution in [1.82, 2.24) is 9.47 Å². The molecule has 0 saturated heterocycles. The van der Waals surface area contributed by atoms with Crippen molar-refractivity contribution in [2.75, 3.05) is 7.05 Å². The van der Waals surface area contributed by atoms with E-state index in [1.807, 2.05) is 37.3 Å². The zero-order valence-electron chi connectivity index (χ0n) is 11.9. The molecule has 0 radical (unpaired) electrons. The van der Waals surface area contributed by atoms with Gasteiger partial charge in [0, 0.05) is 18.7 Å². The van der Waals surface area contributed by atoms with E-state index in [1.165, 1.54) is 15.5 Å². The predicted octanol–water partition coefficient (Wildman–Crippen LogP) is 1.75. The first-order valence-corrected chi connectivity index (χ1v) is 6.78. The van der Waals surface area contributed by atoms with Crippen LogP contribution in [0.3, 0.4) is 0 Å². The molecule has 0 bridgehead atoms. The van der Waals surface area contributed by atoms with Gasteiger partial charge in [0.15, 0.2) is 5.88 Å². The molecular weight excluding hydrogens is 268 g/mol. The third-order valence-corrected chi connectivity index (χ3v) is 4.05. The molecule has 0 fully saturated rings. The summed E-state index contributed by atoms with van der Waals surface area (Å²) >= 11 is 0. The zero-order chi connectivity index (χ0) is 15.1. The molecule has 5 heteroatoms. The first kappa shape index (κ1) is 13.4. The lowest BCUT2D eigenvalue weighted by Gasteiger charge is -2.17. The number of hydrogen-bond acceptors (Lipinski definition) is 3. The van der Waals surface area contributed by atoms with Crippen LogP contribution in [0, 0.1) is 0 Å². The van der Waals surface area contributed by atoms with Crippen LogP contribution in [0.25, 0.3) is 0 Å². The molecule has 2 heterocycles. The topological polar surface area (TPSA) is 62.5 Å². The van der Waals surface area contributed by atoms with Crippen LogP contribution in [0.15, 0.2) is 41.2 Å². The van der Waals surface area contributed by atoms with Crippen molar-refractivity contribution >= 4 is 5.91 Å². The van der Waals surface area contributed by atoms with Gasteiger partial charge in [-0.05, 0) is 12.5 Å². The molecule has 0 spiro atoms. The van der Waals surface area contributed by atoms with Crippen LogP contribution in [-0.2, 0) is 6.54 Å². The van der Waals surface area contributed by atoms with Crippen molar-refractivity contribution in [3.05, 3.63) is 63.4 Å². The van der Waals surface area contributed by atoms with Crippen molar-refractivity contribution < 1.29 is 9.90 Å². The number of fused-ring (bicyclic) bond motifs is 1. The molecular formula is C16H16N2O3. The third kappa shape index (κ3) is 2.01. The summed E-state index contributed by atoms with van der Waals surface area (Å²) in [6.07, 6.45) is 0. The lowest BCUT2D eigenvalue weighted by molar-refractivity contribution is 0.0784. The number of carbonyl (C=O) groups excluding carboxylic acids is 1. The van der Waals surface area contributed by atoms with E-state index in [0.29, 0.717) is 11.1 Å². The third-order valence-electron chi connectivity index (χ3n) is 4.05. The molecule has 1 N–H and O–H groups in total. The molecule has 1 atom stereocenters. The van der Waals surface area contributed by atoms with Crippen molar-refractivity contribution in [1.29, 1.82) is 0 Å². The highest BCUT2D eigenvalue weighted by molar-refractivity contribution is 5.99. The Morgan fingerprint density at radius 1 is 1.19 bits per heavy atom. The Morgan fingerprint density at radius 3 is 2.52 bits per heavy atom. The Morgan fingerprint density at radius 2 is 1.86 bits per heavy atom. The number of aromatic nitrogens is 1. The molecule has 2 aromatic rings. The number of rotatable bonds is 2. The summed E-state index contributed by atoms with van der Waals surface area (Å²) in [4.78, 5) is 25.8. The second-order valence-electron chi connectivity index (χ2n) is 5.30. The highest BCUT2D eigenvalue weighted by Crippen LogP contribution is 2.36. The van der Waals surface area contributed by atoms with Crippen molar-refractivity contribution in [3.63, 3.8) is 0 Å². The standard InChI is InChI=1S/C16H16N2O3/c1-10-14-12(15(20)17(10)2)8-13(19)18(16(14)21)9-11-6-4-3-5-7-11/h3-8,10,21H,9H2,1-2H3/t10-/m0/s1. The Labute approximate surface area is 122 Å². The van der Waals surface area contributed by atoms with E-state index in [-0.39, 0.29) is 29.9 Å². The fraction of sp³-hybridized carbons (Fsp3) is 0.250. The van der Waals surface area contributed by atoms with Gasteiger partial charge in [-0.2, -0.15) is 0 Å². The Hall–Kier alpha value is -2.56. The summed E-state index contributed by atoms with van der Waals surface area (Å²) in [5.41, 5.74) is 1.38. The van der Waals surface area contributed by atoms with Gasteiger partial charge in [-0.25, -0.2) is 0 Å². The molecule has 21 heavy (non-hydrogen) atoms. The maximum atomic E-state index is 12.2. The largest absolute Gasteiger partial charge is 0.494 e. The van der Waals surface area contributed by atoms with Gasteiger partial charge in [0.25, 0.3) is 11.5 Å². The lowest BCUT2D eigenvalue weighted by Crippen LogP contribution is -2.22. The number of amides is 1. The molecule has 1 amide bonds. The van der Waals surface area contributed by atoms with E-state index in [9.17, 15) is 14.7 Å². The van der Waals surface area contributed by atoms with Gasteiger partial charge in [0.05, 0.1) is 18.2 Å². The van der Waals surface area contributed by atoms with Gasteiger partial charge < -0.3 is 10.0 Å². The number of aromatic hydroxyl groups is 1. The van der Waals surface area contributed by atoms with Gasteiger partial charge >= 0.3 is 0 Å². The van der Waals surface area contributed by atoms with Crippen molar-refractivity contribution in [3.8, 4) is 5.88 Å². The fourth-order valence-electron chi connectivity index (χ4n) is 2.72. The normalized spacial score (nSPS) is 17.1. The lowest BCUT2D eigenvalue weighted by atomic mass is 10.1. The summed E-state index contributed by atoms with van der Waals surface area (Å²) in [5.74, 6) is -0.344. The van der Waals surface area contributed by atoms with Crippen LogP contribution in [0.2, 0.25) is 0 Å².